The molecular weight excluding hydrogens is 354 g/mol. The van der Waals surface area contributed by atoms with Crippen LogP contribution in [0.5, 0.6) is 5.75 Å². The molecular formula is C11H11Br2NO3. The lowest BCUT2D eigenvalue weighted by Gasteiger charge is -2.25. The van der Waals surface area contributed by atoms with Crippen molar-refractivity contribution in [1.29, 1.82) is 0 Å². The lowest BCUT2D eigenvalue weighted by atomic mass is 9.95. The lowest BCUT2D eigenvalue weighted by molar-refractivity contribution is -0.143. The Morgan fingerprint density at radius 3 is 2.94 bits per heavy atom. The van der Waals surface area contributed by atoms with Gasteiger partial charge < -0.3 is 9.84 Å². The number of aromatic hydroxyl groups is 1. The maximum atomic E-state index is 11.5. The number of fused-ring (bicyclic) bond motifs is 1. The molecule has 0 bridgehead atoms. The highest BCUT2D eigenvalue weighted by Crippen LogP contribution is 2.38. The average molecular weight is 365 g/mol. The second kappa shape index (κ2) is 4.96. The molecule has 0 aromatic heterocycles. The van der Waals surface area contributed by atoms with Gasteiger partial charge in [0.05, 0.1) is 16.1 Å². The third-order valence-corrected chi connectivity index (χ3v) is 4.28. The molecule has 0 radical (unpaired) electrons. The number of methoxy groups -OCH3 is 1. The number of ether oxygens (including phenoxy) is 1. The quantitative estimate of drug-likeness (QED) is 0.749. The summed E-state index contributed by atoms with van der Waals surface area (Å²) in [4.78, 5) is 11.5. The molecule has 0 amide bonds. The molecule has 0 saturated carbocycles. The molecule has 2 rings (SSSR count). The van der Waals surface area contributed by atoms with Crippen molar-refractivity contribution in [3.8, 4) is 5.75 Å². The van der Waals surface area contributed by atoms with Crippen molar-refractivity contribution in [2.24, 2.45) is 0 Å². The van der Waals surface area contributed by atoms with Crippen LogP contribution in [0.15, 0.2) is 15.0 Å². The summed E-state index contributed by atoms with van der Waals surface area (Å²) in [5.74, 6) is -0.0852. The largest absolute Gasteiger partial charge is 0.506 e. The summed E-state index contributed by atoms with van der Waals surface area (Å²) in [5, 5.41) is 12.9. The summed E-state index contributed by atoms with van der Waals surface area (Å²) < 4.78 is 6.00. The van der Waals surface area contributed by atoms with E-state index < -0.39 is 0 Å². The van der Waals surface area contributed by atoms with Crippen LogP contribution >= 0.6 is 31.9 Å². The number of hydrogen-bond donors (Lipinski definition) is 2. The van der Waals surface area contributed by atoms with Crippen molar-refractivity contribution in [3.63, 3.8) is 0 Å². The van der Waals surface area contributed by atoms with Gasteiger partial charge in [0.2, 0.25) is 0 Å². The Bertz CT molecular complexity index is 476. The van der Waals surface area contributed by atoms with Gasteiger partial charge in [0.15, 0.2) is 0 Å². The molecule has 1 heterocycles. The first kappa shape index (κ1) is 12.9. The standard InChI is InChI=1S/C11H11Br2NO3/c1-17-11(16)8-3-5-2-7(12)10(15)9(13)6(5)4-14-8/h2,8,14-15H,3-4H2,1H3. The van der Waals surface area contributed by atoms with Gasteiger partial charge in [0.1, 0.15) is 11.8 Å². The number of benzene rings is 1. The van der Waals surface area contributed by atoms with Crippen LogP contribution in [0, 0.1) is 0 Å². The number of phenolic OH excluding ortho intramolecular Hbond substituents is 1. The zero-order valence-corrected chi connectivity index (χ0v) is 12.3. The zero-order valence-electron chi connectivity index (χ0n) is 9.09. The van der Waals surface area contributed by atoms with Crippen molar-refractivity contribution in [2.45, 2.75) is 19.0 Å². The Balaban J connectivity index is 2.36. The molecule has 1 aliphatic rings. The van der Waals surface area contributed by atoms with Crippen LogP contribution in [0.3, 0.4) is 0 Å². The van der Waals surface area contributed by atoms with Gasteiger partial charge in [-0.3, -0.25) is 10.1 Å². The summed E-state index contributed by atoms with van der Waals surface area (Å²) in [6, 6.07) is 1.52. The van der Waals surface area contributed by atoms with Crippen molar-refractivity contribution < 1.29 is 14.6 Å². The molecule has 1 aromatic rings. The van der Waals surface area contributed by atoms with Gasteiger partial charge in [-0.1, -0.05) is 0 Å². The predicted molar refractivity (Wildman–Crippen MR) is 69.9 cm³/mol. The summed E-state index contributed by atoms with van der Waals surface area (Å²) in [5.41, 5.74) is 2.00. The number of carbonyl (C=O) groups is 1. The van der Waals surface area contributed by atoms with E-state index in [2.05, 4.69) is 37.2 Å². The summed E-state index contributed by atoms with van der Waals surface area (Å²) >= 11 is 6.64. The van der Waals surface area contributed by atoms with Crippen molar-refractivity contribution in [1.82, 2.24) is 5.32 Å². The third kappa shape index (κ3) is 2.34. The minimum atomic E-state index is -0.323. The van der Waals surface area contributed by atoms with Crippen molar-refractivity contribution in [3.05, 3.63) is 26.1 Å². The number of carbonyl (C=O) groups excluding carboxylic acids is 1. The molecule has 1 aliphatic heterocycles. The van der Waals surface area contributed by atoms with Gasteiger partial charge in [0, 0.05) is 6.54 Å². The van der Waals surface area contributed by atoms with Crippen molar-refractivity contribution >= 4 is 37.8 Å². The van der Waals surface area contributed by atoms with Crippen LogP contribution in [0.25, 0.3) is 0 Å². The molecule has 17 heavy (non-hydrogen) atoms. The smallest absolute Gasteiger partial charge is 0.323 e. The molecule has 1 unspecified atom stereocenters. The lowest BCUT2D eigenvalue weighted by Crippen LogP contribution is -2.42. The van der Waals surface area contributed by atoms with E-state index in [0.29, 0.717) is 21.9 Å². The van der Waals surface area contributed by atoms with Crippen LogP contribution in [-0.4, -0.2) is 24.2 Å². The van der Waals surface area contributed by atoms with Gasteiger partial charge >= 0.3 is 5.97 Å². The number of halogens is 2. The SMILES string of the molecule is COC(=O)C1Cc2cc(Br)c(O)c(Br)c2CN1. The summed E-state index contributed by atoms with van der Waals surface area (Å²) in [7, 11) is 1.38. The third-order valence-electron chi connectivity index (χ3n) is 2.82. The van der Waals surface area contributed by atoms with Crippen LogP contribution in [0.1, 0.15) is 11.1 Å². The Hall–Kier alpha value is -0.590. The molecule has 0 saturated heterocycles. The fourth-order valence-electron chi connectivity index (χ4n) is 1.90. The fraction of sp³-hybridized carbons (Fsp3) is 0.364. The van der Waals surface area contributed by atoms with Crippen LogP contribution in [-0.2, 0) is 22.5 Å². The Kier molecular flexibility index (Phi) is 3.75. The zero-order chi connectivity index (χ0) is 12.6. The highest BCUT2D eigenvalue weighted by atomic mass is 79.9. The van der Waals surface area contributed by atoms with Crippen LogP contribution in [0.4, 0.5) is 0 Å². The predicted octanol–water partition coefficient (Wildman–Crippen LogP) is 2.10. The van der Waals surface area contributed by atoms with E-state index in [0.717, 1.165) is 11.1 Å². The minimum Gasteiger partial charge on any atom is -0.506 e. The number of hydrogen-bond acceptors (Lipinski definition) is 4. The minimum absolute atomic E-state index is 0.182. The van der Waals surface area contributed by atoms with Gasteiger partial charge in [-0.05, 0) is 55.5 Å². The second-order valence-electron chi connectivity index (χ2n) is 3.82. The molecule has 2 N–H and O–H groups in total. The van der Waals surface area contributed by atoms with Gasteiger partial charge in [0.25, 0.3) is 0 Å². The fourth-order valence-corrected chi connectivity index (χ4v) is 3.25. The molecule has 4 nitrogen and oxygen atoms in total. The van der Waals surface area contributed by atoms with Crippen molar-refractivity contribution in [2.75, 3.05) is 7.11 Å². The summed E-state index contributed by atoms with van der Waals surface area (Å²) in [6.45, 7) is 0.524. The molecule has 0 fully saturated rings. The van der Waals surface area contributed by atoms with Gasteiger partial charge in [-0.25, -0.2) is 0 Å². The van der Waals surface area contributed by atoms with Crippen LogP contribution < -0.4 is 5.32 Å². The normalized spacial score (nSPS) is 18.6. The molecule has 0 spiro atoms. The maximum absolute atomic E-state index is 11.5. The number of phenols is 1. The summed E-state index contributed by atoms with van der Waals surface area (Å²) in [6.07, 6.45) is 0.555. The first-order valence-corrected chi connectivity index (χ1v) is 6.63. The average Bonchev–Trinajstić information content (AvgIpc) is 2.34. The van der Waals surface area contributed by atoms with E-state index in [1.54, 1.807) is 0 Å². The molecule has 92 valence electrons. The van der Waals surface area contributed by atoms with Gasteiger partial charge in [-0.15, -0.1) is 0 Å². The van der Waals surface area contributed by atoms with E-state index in [4.69, 9.17) is 4.74 Å². The van der Waals surface area contributed by atoms with Crippen LogP contribution in [0.2, 0.25) is 0 Å². The molecule has 6 heteroatoms. The number of esters is 1. The topological polar surface area (TPSA) is 58.6 Å². The first-order valence-electron chi connectivity index (χ1n) is 5.04. The van der Waals surface area contributed by atoms with E-state index in [1.165, 1.54) is 7.11 Å². The highest BCUT2D eigenvalue weighted by Gasteiger charge is 2.27. The molecule has 0 aliphatic carbocycles. The first-order chi connectivity index (χ1) is 8.04. The van der Waals surface area contributed by atoms with E-state index in [1.807, 2.05) is 6.07 Å². The Morgan fingerprint density at radius 1 is 1.59 bits per heavy atom. The van der Waals surface area contributed by atoms with E-state index >= 15 is 0 Å². The second-order valence-corrected chi connectivity index (χ2v) is 5.47. The highest BCUT2D eigenvalue weighted by molar-refractivity contribution is 9.11. The number of rotatable bonds is 1. The Morgan fingerprint density at radius 2 is 2.29 bits per heavy atom. The number of nitrogens with one attached hydrogen (secondary N) is 1. The molecule has 1 atom stereocenters. The Labute approximate surface area is 116 Å². The monoisotopic (exact) mass is 363 g/mol. The van der Waals surface area contributed by atoms with E-state index in [-0.39, 0.29) is 17.8 Å². The van der Waals surface area contributed by atoms with E-state index in [9.17, 15) is 9.90 Å². The maximum Gasteiger partial charge on any atom is 0.323 e. The van der Waals surface area contributed by atoms with Gasteiger partial charge in [-0.2, -0.15) is 0 Å². The molecule has 1 aromatic carbocycles.